The van der Waals surface area contributed by atoms with Gasteiger partial charge in [-0.05, 0) is 43.9 Å². The van der Waals surface area contributed by atoms with Gasteiger partial charge in [0.25, 0.3) is 5.91 Å². The smallest absolute Gasteiger partial charge is 0.251 e. The fourth-order valence-electron chi connectivity index (χ4n) is 2.46. The average molecular weight is 394 g/mol. The van der Waals surface area contributed by atoms with Gasteiger partial charge in [0, 0.05) is 14.9 Å². The van der Waals surface area contributed by atoms with Crippen molar-refractivity contribution in [2.75, 3.05) is 11.9 Å². The molecule has 1 aliphatic rings. The van der Waals surface area contributed by atoms with Gasteiger partial charge in [0.15, 0.2) is 5.13 Å². The average Bonchev–Trinajstić information content (AvgIpc) is 2.94. The molecule has 120 valence electrons. The van der Waals surface area contributed by atoms with E-state index in [9.17, 15) is 9.59 Å². The topological polar surface area (TPSA) is 71.1 Å². The van der Waals surface area contributed by atoms with Crippen molar-refractivity contribution in [3.8, 4) is 0 Å². The molecule has 0 radical (unpaired) electrons. The van der Waals surface area contributed by atoms with Crippen LogP contribution in [0.4, 0.5) is 5.13 Å². The molecule has 1 aromatic heterocycles. The molecule has 3 rings (SSSR count). The number of aryl methyl sites for hydroxylation is 2. The molecule has 2 amide bonds. The van der Waals surface area contributed by atoms with Crippen LogP contribution in [0.2, 0.25) is 0 Å². The van der Waals surface area contributed by atoms with Crippen LogP contribution >= 0.6 is 27.3 Å². The van der Waals surface area contributed by atoms with E-state index in [4.69, 9.17) is 0 Å². The zero-order chi connectivity index (χ0) is 16.2. The third kappa shape index (κ3) is 4.17. The summed E-state index contributed by atoms with van der Waals surface area (Å²) in [7, 11) is 0. The number of amides is 2. The van der Waals surface area contributed by atoms with E-state index in [-0.39, 0.29) is 18.4 Å². The van der Waals surface area contributed by atoms with Crippen molar-refractivity contribution in [3.05, 3.63) is 44.9 Å². The Morgan fingerprint density at radius 1 is 1.26 bits per heavy atom. The first kappa shape index (κ1) is 16.1. The Hall–Kier alpha value is -1.73. The summed E-state index contributed by atoms with van der Waals surface area (Å²) in [4.78, 5) is 29.7. The Kier molecular flexibility index (Phi) is 5.07. The number of hydrogen-bond donors (Lipinski definition) is 2. The van der Waals surface area contributed by atoms with Crippen LogP contribution in [0.25, 0.3) is 0 Å². The summed E-state index contributed by atoms with van der Waals surface area (Å²) in [5, 5.41) is 6.00. The quantitative estimate of drug-likeness (QED) is 0.837. The first-order chi connectivity index (χ1) is 11.1. The van der Waals surface area contributed by atoms with Crippen LogP contribution in [-0.2, 0) is 17.6 Å². The second-order valence-electron chi connectivity index (χ2n) is 5.34. The summed E-state index contributed by atoms with van der Waals surface area (Å²) in [6.07, 6.45) is 4.38. The zero-order valence-electron chi connectivity index (χ0n) is 12.4. The zero-order valence-corrected chi connectivity index (χ0v) is 14.8. The number of anilines is 1. The number of nitrogens with zero attached hydrogens (tertiary/aromatic N) is 1. The Morgan fingerprint density at radius 3 is 2.87 bits per heavy atom. The molecule has 2 aromatic rings. The Labute approximate surface area is 146 Å². The summed E-state index contributed by atoms with van der Waals surface area (Å²) in [5.41, 5.74) is 1.62. The third-order valence-electron chi connectivity index (χ3n) is 3.59. The molecule has 0 bridgehead atoms. The Bertz CT molecular complexity index is 721. The minimum atomic E-state index is -0.278. The standard InChI is InChI=1S/C16H16BrN3O2S/c17-11-5-3-4-10(8-11)15(22)18-9-14(21)20-16-19-12-6-1-2-7-13(12)23-16/h3-5,8H,1-2,6-7,9H2,(H,18,22)(H,19,20,21). The summed E-state index contributed by atoms with van der Waals surface area (Å²) in [6.45, 7) is -0.0738. The molecule has 0 spiro atoms. The van der Waals surface area contributed by atoms with E-state index < -0.39 is 0 Å². The highest BCUT2D eigenvalue weighted by atomic mass is 79.9. The van der Waals surface area contributed by atoms with Crippen LogP contribution < -0.4 is 10.6 Å². The second kappa shape index (κ2) is 7.23. The molecule has 7 heteroatoms. The van der Waals surface area contributed by atoms with Gasteiger partial charge < -0.3 is 10.6 Å². The van der Waals surface area contributed by atoms with Gasteiger partial charge in [-0.1, -0.05) is 22.0 Å². The second-order valence-corrected chi connectivity index (χ2v) is 7.34. The van der Waals surface area contributed by atoms with Gasteiger partial charge in [-0.25, -0.2) is 4.98 Å². The summed E-state index contributed by atoms with van der Waals surface area (Å²) in [6, 6.07) is 7.03. The molecular formula is C16H16BrN3O2S. The molecule has 5 nitrogen and oxygen atoms in total. The van der Waals surface area contributed by atoms with Crippen LogP contribution in [0.5, 0.6) is 0 Å². The van der Waals surface area contributed by atoms with Crippen molar-refractivity contribution in [1.29, 1.82) is 0 Å². The fraction of sp³-hybridized carbons (Fsp3) is 0.312. The maximum atomic E-state index is 12.0. The monoisotopic (exact) mass is 393 g/mol. The van der Waals surface area contributed by atoms with E-state index in [1.165, 1.54) is 22.6 Å². The lowest BCUT2D eigenvalue weighted by Gasteiger charge is -2.06. The molecule has 1 aliphatic carbocycles. The van der Waals surface area contributed by atoms with Crippen molar-refractivity contribution in [3.63, 3.8) is 0 Å². The van der Waals surface area contributed by atoms with Crippen LogP contribution in [0.15, 0.2) is 28.7 Å². The van der Waals surface area contributed by atoms with Gasteiger partial charge >= 0.3 is 0 Å². The van der Waals surface area contributed by atoms with Gasteiger partial charge in [0.05, 0.1) is 12.2 Å². The molecule has 0 fully saturated rings. The van der Waals surface area contributed by atoms with Crippen molar-refractivity contribution in [2.24, 2.45) is 0 Å². The maximum absolute atomic E-state index is 12.0. The molecule has 0 aliphatic heterocycles. The number of carbonyl (C=O) groups excluding carboxylic acids is 2. The molecule has 0 unspecified atom stereocenters. The predicted molar refractivity (Wildman–Crippen MR) is 93.9 cm³/mol. The number of hydrogen-bond acceptors (Lipinski definition) is 4. The van der Waals surface area contributed by atoms with E-state index >= 15 is 0 Å². The number of carbonyl (C=O) groups is 2. The van der Waals surface area contributed by atoms with E-state index in [0.29, 0.717) is 10.7 Å². The van der Waals surface area contributed by atoms with Gasteiger partial charge in [0.2, 0.25) is 5.91 Å². The van der Waals surface area contributed by atoms with Crippen molar-refractivity contribution >= 4 is 44.2 Å². The van der Waals surface area contributed by atoms with Crippen molar-refractivity contribution < 1.29 is 9.59 Å². The summed E-state index contributed by atoms with van der Waals surface area (Å²) in [5.74, 6) is -0.542. The number of aromatic nitrogens is 1. The van der Waals surface area contributed by atoms with Crippen LogP contribution in [-0.4, -0.2) is 23.3 Å². The SMILES string of the molecule is O=C(CNC(=O)c1cccc(Br)c1)Nc1nc2c(s1)CCCC2. The molecular weight excluding hydrogens is 378 g/mol. The highest BCUT2D eigenvalue weighted by Crippen LogP contribution is 2.29. The molecule has 23 heavy (non-hydrogen) atoms. The lowest BCUT2D eigenvalue weighted by molar-refractivity contribution is -0.115. The van der Waals surface area contributed by atoms with Crippen LogP contribution in [0, 0.1) is 0 Å². The van der Waals surface area contributed by atoms with E-state index in [1.807, 2.05) is 6.07 Å². The Morgan fingerprint density at radius 2 is 2.09 bits per heavy atom. The lowest BCUT2D eigenvalue weighted by atomic mass is 10.0. The molecule has 1 heterocycles. The predicted octanol–water partition coefficient (Wildman–Crippen LogP) is 3.15. The van der Waals surface area contributed by atoms with Crippen molar-refractivity contribution in [1.82, 2.24) is 10.3 Å². The number of fused-ring (bicyclic) bond motifs is 1. The first-order valence-electron chi connectivity index (χ1n) is 7.44. The fourth-order valence-corrected chi connectivity index (χ4v) is 3.93. The number of halogens is 1. The molecule has 1 aromatic carbocycles. The molecule has 0 saturated heterocycles. The van der Waals surface area contributed by atoms with Crippen LogP contribution in [0.1, 0.15) is 33.8 Å². The van der Waals surface area contributed by atoms with E-state index in [0.717, 1.165) is 29.4 Å². The van der Waals surface area contributed by atoms with Gasteiger partial charge in [-0.15, -0.1) is 11.3 Å². The number of thiazole rings is 1. The lowest BCUT2D eigenvalue weighted by Crippen LogP contribution is -2.32. The van der Waals surface area contributed by atoms with E-state index in [1.54, 1.807) is 18.2 Å². The number of nitrogens with one attached hydrogen (secondary N) is 2. The highest BCUT2D eigenvalue weighted by molar-refractivity contribution is 9.10. The summed E-state index contributed by atoms with van der Waals surface area (Å²) >= 11 is 4.85. The van der Waals surface area contributed by atoms with Crippen LogP contribution in [0.3, 0.4) is 0 Å². The maximum Gasteiger partial charge on any atom is 0.251 e. The summed E-state index contributed by atoms with van der Waals surface area (Å²) < 4.78 is 0.822. The number of rotatable bonds is 4. The number of benzene rings is 1. The Balaban J connectivity index is 1.53. The molecule has 2 N–H and O–H groups in total. The van der Waals surface area contributed by atoms with E-state index in [2.05, 4.69) is 31.5 Å². The highest BCUT2D eigenvalue weighted by Gasteiger charge is 2.16. The minimum absolute atomic E-state index is 0.0738. The van der Waals surface area contributed by atoms with Gasteiger partial charge in [-0.2, -0.15) is 0 Å². The minimum Gasteiger partial charge on any atom is -0.343 e. The van der Waals surface area contributed by atoms with Gasteiger partial charge in [-0.3, -0.25) is 9.59 Å². The molecule has 0 atom stereocenters. The normalized spacial score (nSPS) is 13.3. The molecule has 0 saturated carbocycles. The largest absolute Gasteiger partial charge is 0.343 e. The van der Waals surface area contributed by atoms with Crippen molar-refractivity contribution in [2.45, 2.75) is 25.7 Å². The third-order valence-corrected chi connectivity index (χ3v) is 5.15. The first-order valence-corrected chi connectivity index (χ1v) is 9.05. The van der Waals surface area contributed by atoms with Gasteiger partial charge in [0.1, 0.15) is 0 Å².